The quantitative estimate of drug-likeness (QED) is 0.491. The normalized spacial score (nSPS) is 7.17. The van der Waals surface area contributed by atoms with Gasteiger partial charge in [-0.25, -0.2) is 0 Å². The summed E-state index contributed by atoms with van der Waals surface area (Å²) in [5, 5.41) is 0. The Morgan fingerprint density at radius 2 is 1.83 bits per heavy atom. The Labute approximate surface area is 55.7 Å². The Kier molecular flexibility index (Phi) is 8.62. The second-order valence-corrected chi connectivity index (χ2v) is 1.28. The molecule has 0 rings (SSSR count). The number of hydrogen-bond donors (Lipinski definition) is 0. The van der Waals surface area contributed by atoms with Crippen molar-refractivity contribution in [3.63, 3.8) is 0 Å². The van der Waals surface area contributed by atoms with E-state index in [1.807, 2.05) is 19.9 Å². The maximum atomic E-state index is 3.52. The molecule has 1 heteroatoms. The minimum Gasteiger partial charge on any atom is -0.103 e. The molecule has 0 amide bonds. The van der Waals surface area contributed by atoms with E-state index in [0.717, 1.165) is 0 Å². The molecule has 0 nitrogen and oxygen atoms in total. The molecule has 0 fully saturated rings. The first-order valence-electron chi connectivity index (χ1n) is 1.70. The van der Waals surface area contributed by atoms with Crippen LogP contribution in [0.3, 0.4) is 0 Å². The van der Waals surface area contributed by atoms with Gasteiger partial charge in [-0.1, -0.05) is 19.9 Å². The smallest absolute Gasteiger partial charge is 0 e. The summed E-state index contributed by atoms with van der Waals surface area (Å²) in [5.41, 5.74) is 0. The van der Waals surface area contributed by atoms with Gasteiger partial charge in [0.25, 0.3) is 0 Å². The molecule has 0 aliphatic carbocycles. The summed E-state index contributed by atoms with van der Waals surface area (Å²) in [7, 11) is 0. The third-order valence-corrected chi connectivity index (χ3v) is 0.408. The monoisotopic (exact) mass is 142 g/mol. The summed E-state index contributed by atoms with van der Waals surface area (Å²) in [6.07, 6.45) is 1.83. The van der Waals surface area contributed by atoms with Crippen LogP contribution in [-0.2, 0) is 0 Å². The van der Waals surface area contributed by atoms with Gasteiger partial charge in [-0.15, -0.1) is 6.58 Å². The zero-order valence-corrected chi connectivity index (χ0v) is 6.78. The van der Waals surface area contributed by atoms with Crippen LogP contribution < -0.4 is 0 Å². The molecule has 0 aromatic carbocycles. The molecule has 0 N–H and O–H groups in total. The maximum Gasteiger partial charge on any atom is 0 e. The van der Waals surface area contributed by atoms with E-state index < -0.39 is 0 Å². The van der Waals surface area contributed by atoms with Crippen LogP contribution >= 0.6 is 0 Å². The zero-order chi connectivity index (χ0) is 4.28. The molecule has 0 spiro atoms. The minimum atomic E-state index is 0. The van der Waals surface area contributed by atoms with Gasteiger partial charge >= 0.3 is 0 Å². The van der Waals surface area contributed by atoms with Crippen LogP contribution in [0.4, 0.5) is 0 Å². The summed E-state index contributed by atoms with van der Waals surface area (Å²) in [4.78, 5) is 0. The molecule has 0 aliphatic heterocycles. The summed E-state index contributed by atoms with van der Waals surface area (Å²) >= 11 is 0. The molecule has 36 valence electrons. The molecule has 0 heterocycles. The Hall–Kier alpha value is 0.376. The minimum absolute atomic E-state index is 0. The maximum absolute atomic E-state index is 3.52. The Morgan fingerprint density at radius 3 is 1.83 bits per heavy atom. The molecule has 0 unspecified atom stereocenters. The second kappa shape index (κ2) is 5.38. The topological polar surface area (TPSA) is 0 Å². The number of hydrogen-bond acceptors (Lipinski definition) is 0. The van der Waals surface area contributed by atoms with Gasteiger partial charge in [0, 0.05) is 22.6 Å². The summed E-state index contributed by atoms with van der Waals surface area (Å²) in [6, 6.07) is 0. The predicted octanol–water partition coefficient (Wildman–Crippen LogP) is 1.90. The first kappa shape index (κ1) is 9.62. The van der Waals surface area contributed by atoms with Gasteiger partial charge in [-0.2, -0.15) is 0 Å². The van der Waals surface area contributed by atoms with Crippen molar-refractivity contribution in [3.05, 3.63) is 18.6 Å². The standard InChI is InChI=1S/C5H9.Ga.2H2/c1-4-5(2)3;;;/h4H,1H2,2-3H3;;2*1H. The molecule has 6 heavy (non-hydrogen) atoms. The van der Waals surface area contributed by atoms with Gasteiger partial charge in [-0.3, -0.25) is 0 Å². The van der Waals surface area contributed by atoms with Crippen molar-refractivity contribution < 1.29 is 2.85 Å². The van der Waals surface area contributed by atoms with Gasteiger partial charge in [0.1, 0.15) is 0 Å². The molecule has 0 aromatic heterocycles. The average molecular weight is 143 g/mol. The van der Waals surface area contributed by atoms with E-state index in [1.54, 1.807) is 0 Å². The molecular formula is C5H13Ga. The van der Waals surface area contributed by atoms with Crippen LogP contribution in [0.25, 0.3) is 0 Å². The van der Waals surface area contributed by atoms with Crippen LogP contribution in [0.2, 0.25) is 0 Å². The molecule has 0 aromatic rings. The van der Waals surface area contributed by atoms with E-state index in [1.165, 1.54) is 5.92 Å². The van der Waals surface area contributed by atoms with E-state index in [-0.39, 0.29) is 22.6 Å². The van der Waals surface area contributed by atoms with E-state index in [4.69, 9.17) is 0 Å². The summed E-state index contributed by atoms with van der Waals surface area (Å²) < 4.78 is 0. The zero-order valence-electron chi connectivity index (χ0n) is 4.36. The van der Waals surface area contributed by atoms with Crippen molar-refractivity contribution in [2.45, 2.75) is 13.8 Å². The van der Waals surface area contributed by atoms with E-state index >= 15 is 0 Å². The van der Waals surface area contributed by atoms with Crippen molar-refractivity contribution in [2.75, 3.05) is 0 Å². The van der Waals surface area contributed by atoms with Crippen LogP contribution in [0.5, 0.6) is 0 Å². The summed E-state index contributed by atoms with van der Waals surface area (Å²) in [5.74, 6) is 1.27. The number of rotatable bonds is 1. The molecule has 0 bridgehead atoms. The van der Waals surface area contributed by atoms with E-state index in [0.29, 0.717) is 0 Å². The molecule has 0 saturated carbocycles. The Morgan fingerprint density at radius 1 is 1.67 bits per heavy atom. The SMILES string of the molecule is C=C[C](C)C.[Ga].[HH].[HH]. The van der Waals surface area contributed by atoms with Gasteiger partial charge in [0.15, 0.2) is 0 Å². The van der Waals surface area contributed by atoms with Crippen molar-refractivity contribution in [2.24, 2.45) is 0 Å². The van der Waals surface area contributed by atoms with E-state index in [2.05, 4.69) is 6.58 Å². The van der Waals surface area contributed by atoms with Gasteiger partial charge in [0.05, 0.1) is 0 Å². The first-order valence-corrected chi connectivity index (χ1v) is 1.70. The molecule has 4 radical (unpaired) electrons. The largest absolute Gasteiger partial charge is 0.103 e. The summed E-state index contributed by atoms with van der Waals surface area (Å²) in [6.45, 7) is 7.56. The molecular weight excluding hydrogens is 130 g/mol. The number of allylic oxidation sites excluding steroid dienone is 1. The average Bonchev–Trinajstić information content (AvgIpc) is 1.38. The molecule has 0 saturated heterocycles. The Balaban J connectivity index is -0.0000000267. The molecule has 0 aliphatic rings. The second-order valence-electron chi connectivity index (χ2n) is 1.28. The van der Waals surface area contributed by atoms with Crippen molar-refractivity contribution in [3.8, 4) is 0 Å². The van der Waals surface area contributed by atoms with E-state index in [9.17, 15) is 0 Å². The fourth-order valence-electron chi connectivity index (χ4n) is 0. The molecule has 0 atom stereocenters. The van der Waals surface area contributed by atoms with Crippen LogP contribution in [-0.4, -0.2) is 19.8 Å². The van der Waals surface area contributed by atoms with Gasteiger partial charge in [0.2, 0.25) is 0 Å². The van der Waals surface area contributed by atoms with Crippen LogP contribution in [0.1, 0.15) is 16.7 Å². The van der Waals surface area contributed by atoms with Gasteiger partial charge < -0.3 is 0 Å². The fourth-order valence-corrected chi connectivity index (χ4v) is 0. The van der Waals surface area contributed by atoms with Crippen LogP contribution in [0.15, 0.2) is 12.7 Å². The third kappa shape index (κ3) is 8.83. The van der Waals surface area contributed by atoms with Gasteiger partial charge in [-0.05, 0) is 5.92 Å². The van der Waals surface area contributed by atoms with Crippen molar-refractivity contribution in [1.29, 1.82) is 0 Å². The van der Waals surface area contributed by atoms with Crippen LogP contribution in [0, 0.1) is 5.92 Å². The van der Waals surface area contributed by atoms with Crippen molar-refractivity contribution >= 4 is 19.8 Å². The fraction of sp³-hybridized carbons (Fsp3) is 0.400. The first-order chi connectivity index (χ1) is 2.27. The van der Waals surface area contributed by atoms with Crippen molar-refractivity contribution in [1.82, 2.24) is 0 Å². The third-order valence-electron chi connectivity index (χ3n) is 0.408. The predicted molar refractivity (Wildman–Crippen MR) is 34.8 cm³/mol. The Bertz CT molecular complexity index is 37.4.